The van der Waals surface area contributed by atoms with E-state index in [0.717, 1.165) is 55.5 Å². The summed E-state index contributed by atoms with van der Waals surface area (Å²) in [5, 5.41) is 5.13. The van der Waals surface area contributed by atoms with Gasteiger partial charge in [0.25, 0.3) is 5.91 Å². The van der Waals surface area contributed by atoms with Crippen LogP contribution in [-0.4, -0.2) is 90.6 Å². The van der Waals surface area contributed by atoms with Crippen LogP contribution in [0.2, 0.25) is 0 Å². The largest absolute Gasteiger partial charge is 0.456 e. The molecule has 0 radical (unpaired) electrons. The number of nitrogens with one attached hydrogen (secondary N) is 1. The summed E-state index contributed by atoms with van der Waals surface area (Å²) in [7, 11) is 2.13. The van der Waals surface area contributed by atoms with Gasteiger partial charge in [-0.25, -0.2) is 4.39 Å². The Balaban J connectivity index is 1.24. The number of pyridine rings is 1. The number of likely N-dealkylation sites (N-methyl/N-ethyl adjacent to an activating group) is 1. The number of rotatable bonds is 6. The lowest BCUT2D eigenvalue weighted by atomic mass is 10.0. The van der Waals surface area contributed by atoms with Crippen molar-refractivity contribution in [3.63, 3.8) is 0 Å². The minimum atomic E-state index is -0.605. The van der Waals surface area contributed by atoms with Crippen molar-refractivity contribution >= 4 is 44.4 Å². The van der Waals surface area contributed by atoms with E-state index < -0.39 is 17.2 Å². The third-order valence-electron chi connectivity index (χ3n) is 9.42. The van der Waals surface area contributed by atoms with Gasteiger partial charge < -0.3 is 39.5 Å². The predicted molar refractivity (Wildman–Crippen MR) is 172 cm³/mol. The molecule has 2 saturated heterocycles. The third kappa shape index (κ3) is 4.73. The number of piperazine rings is 1. The number of furan rings is 1. The summed E-state index contributed by atoms with van der Waals surface area (Å²) in [6.07, 6.45) is 3.04. The van der Waals surface area contributed by atoms with Crippen LogP contribution >= 0.6 is 0 Å². The Kier molecular flexibility index (Phi) is 6.77. The molecule has 10 nitrogen and oxygen atoms in total. The van der Waals surface area contributed by atoms with Gasteiger partial charge >= 0.3 is 0 Å². The van der Waals surface area contributed by atoms with E-state index in [1.807, 2.05) is 36.4 Å². The van der Waals surface area contributed by atoms with Gasteiger partial charge in [0.2, 0.25) is 5.43 Å². The molecule has 3 aliphatic heterocycles. The first-order valence-corrected chi connectivity index (χ1v) is 15.6. The first-order chi connectivity index (χ1) is 21.9. The summed E-state index contributed by atoms with van der Waals surface area (Å²) in [5.41, 5.74) is 8.06. The van der Waals surface area contributed by atoms with Gasteiger partial charge in [0, 0.05) is 74.9 Å². The normalized spacial score (nSPS) is 18.6. The van der Waals surface area contributed by atoms with Crippen molar-refractivity contribution in [2.75, 3.05) is 64.7 Å². The maximum atomic E-state index is 16.0. The maximum Gasteiger partial charge on any atom is 0.259 e. The third-order valence-corrected chi connectivity index (χ3v) is 9.42. The zero-order chi connectivity index (χ0) is 30.8. The number of hydrogen-bond acceptors (Lipinski definition) is 8. The summed E-state index contributed by atoms with van der Waals surface area (Å²) >= 11 is 0. The van der Waals surface area contributed by atoms with E-state index in [9.17, 15) is 9.59 Å². The number of halogens is 1. The number of fused-ring (bicyclic) bond motifs is 5. The molecule has 232 valence electrons. The number of nitrogens with two attached hydrogens (primary N) is 1. The Bertz CT molecular complexity index is 2050. The number of hydrogen-bond donors (Lipinski definition) is 2. The average molecular weight is 611 g/mol. The maximum absolute atomic E-state index is 16.0. The lowest BCUT2D eigenvalue weighted by Gasteiger charge is -2.32. The van der Waals surface area contributed by atoms with Gasteiger partial charge in [-0.15, -0.1) is 0 Å². The number of carbonyl (C=O) groups is 1. The van der Waals surface area contributed by atoms with Crippen molar-refractivity contribution < 1.29 is 18.3 Å². The average Bonchev–Trinajstić information content (AvgIpc) is 3.64. The summed E-state index contributed by atoms with van der Waals surface area (Å²) < 4.78 is 30.4. The molecule has 1 atom stereocenters. The monoisotopic (exact) mass is 610 g/mol. The first-order valence-electron chi connectivity index (χ1n) is 15.6. The van der Waals surface area contributed by atoms with E-state index in [0.29, 0.717) is 48.6 Å². The zero-order valence-electron chi connectivity index (χ0n) is 25.1. The van der Waals surface area contributed by atoms with Crippen molar-refractivity contribution in [1.82, 2.24) is 19.3 Å². The standard InChI is InChI=1S/C34H35FN6O4/c1-38-11-13-39(14-12-38)9-4-8-37-30-25(35)15-23-31-33(30)45-29-16-22-21-5-2-3-6-27(21)44-28(22)17-26(29)41(31)19-24(32(23)42)34(43)40-10-7-20(36)18-40/h2-3,5-6,15-17,19-20,37H,4,7-14,18,36H2,1H3. The summed E-state index contributed by atoms with van der Waals surface area (Å²) in [5.74, 6) is -0.320. The Morgan fingerprint density at radius 2 is 1.87 bits per heavy atom. The molecule has 3 aromatic carbocycles. The molecule has 2 aromatic heterocycles. The van der Waals surface area contributed by atoms with Crippen LogP contribution < -0.4 is 21.2 Å². The molecule has 3 aliphatic rings. The highest BCUT2D eigenvalue weighted by atomic mass is 19.1. The molecule has 3 N–H and O–H groups in total. The fourth-order valence-electron chi connectivity index (χ4n) is 6.88. The van der Waals surface area contributed by atoms with Gasteiger partial charge in [-0.05, 0) is 44.6 Å². The Labute approximate surface area is 258 Å². The molecule has 11 heteroatoms. The predicted octanol–water partition coefficient (Wildman–Crippen LogP) is 4.36. The summed E-state index contributed by atoms with van der Waals surface area (Å²) in [6, 6.07) is 12.6. The zero-order valence-corrected chi connectivity index (χ0v) is 25.1. The molecule has 5 heterocycles. The van der Waals surface area contributed by atoms with Crippen LogP contribution in [0, 0.1) is 5.82 Å². The van der Waals surface area contributed by atoms with Crippen LogP contribution in [0.3, 0.4) is 0 Å². The van der Waals surface area contributed by atoms with E-state index in [1.165, 1.54) is 6.07 Å². The smallest absolute Gasteiger partial charge is 0.259 e. The van der Waals surface area contributed by atoms with Crippen LogP contribution in [0.1, 0.15) is 23.2 Å². The lowest BCUT2D eigenvalue weighted by Crippen LogP contribution is -2.44. The number of anilines is 1. The highest BCUT2D eigenvalue weighted by Gasteiger charge is 2.32. The van der Waals surface area contributed by atoms with Gasteiger partial charge in [-0.2, -0.15) is 0 Å². The van der Waals surface area contributed by atoms with Crippen molar-refractivity contribution in [3.05, 3.63) is 70.3 Å². The highest BCUT2D eigenvalue weighted by Crippen LogP contribution is 2.47. The van der Waals surface area contributed by atoms with Crippen molar-refractivity contribution in [3.8, 4) is 17.2 Å². The Hall–Kier alpha value is -4.45. The van der Waals surface area contributed by atoms with Crippen molar-refractivity contribution in [2.45, 2.75) is 18.9 Å². The van der Waals surface area contributed by atoms with E-state index in [4.69, 9.17) is 14.9 Å². The second kappa shape index (κ2) is 10.9. The highest BCUT2D eigenvalue weighted by molar-refractivity contribution is 6.07. The molecule has 0 bridgehead atoms. The van der Waals surface area contributed by atoms with Gasteiger partial charge in [0.05, 0.1) is 11.1 Å². The second-order valence-corrected chi connectivity index (χ2v) is 12.4. The number of carbonyl (C=O) groups excluding carboxylic acids is 1. The number of ether oxygens (including phenoxy) is 1. The van der Waals surface area contributed by atoms with Crippen LogP contribution in [-0.2, 0) is 0 Å². The van der Waals surface area contributed by atoms with Gasteiger partial charge in [-0.1, -0.05) is 18.2 Å². The van der Waals surface area contributed by atoms with Crippen molar-refractivity contribution in [2.24, 2.45) is 5.73 Å². The second-order valence-electron chi connectivity index (χ2n) is 12.4. The molecule has 2 fully saturated rings. The topological polar surface area (TPSA) is 109 Å². The molecule has 5 aromatic rings. The molecule has 1 amide bonds. The lowest BCUT2D eigenvalue weighted by molar-refractivity contribution is 0.0789. The molecule has 1 unspecified atom stereocenters. The van der Waals surface area contributed by atoms with Crippen LogP contribution in [0.4, 0.5) is 10.1 Å². The van der Waals surface area contributed by atoms with Gasteiger partial charge in [0.15, 0.2) is 17.3 Å². The van der Waals surface area contributed by atoms with E-state index in [1.54, 1.807) is 15.7 Å². The number of likely N-dealkylation sites (tertiary alicyclic amines) is 1. The van der Waals surface area contributed by atoms with Crippen molar-refractivity contribution in [1.29, 1.82) is 0 Å². The van der Waals surface area contributed by atoms with E-state index >= 15 is 4.39 Å². The van der Waals surface area contributed by atoms with Gasteiger partial charge in [0.1, 0.15) is 27.9 Å². The number of benzene rings is 3. The SMILES string of the molecule is CN1CCN(CCCNc2c(F)cc3c(=O)c(C(=O)N4CCC(N)C4)cn4c3c2Oc2cc3c(cc2-4)oc2ccccc23)CC1. The van der Waals surface area contributed by atoms with E-state index in [2.05, 4.69) is 22.2 Å². The minimum Gasteiger partial charge on any atom is -0.456 e. The van der Waals surface area contributed by atoms with Gasteiger partial charge in [-0.3, -0.25) is 9.59 Å². The number of amides is 1. The molecule has 45 heavy (non-hydrogen) atoms. The molecule has 0 spiro atoms. The number of nitrogens with zero attached hydrogens (tertiary/aromatic N) is 4. The quantitative estimate of drug-likeness (QED) is 0.268. The molecule has 8 rings (SSSR count). The fraction of sp³-hybridized carbons (Fsp3) is 0.353. The molecule has 0 aliphatic carbocycles. The molecular formula is C34H35FN6O4. The Morgan fingerprint density at radius 3 is 2.67 bits per heavy atom. The summed E-state index contributed by atoms with van der Waals surface area (Å²) in [6.45, 7) is 6.36. The fourth-order valence-corrected chi connectivity index (χ4v) is 6.88. The Morgan fingerprint density at radius 1 is 1.04 bits per heavy atom. The van der Waals surface area contributed by atoms with Crippen LogP contribution in [0.5, 0.6) is 11.5 Å². The number of aromatic nitrogens is 1. The summed E-state index contributed by atoms with van der Waals surface area (Å²) in [4.78, 5) is 33.8. The first kappa shape index (κ1) is 28.1. The molecular weight excluding hydrogens is 575 g/mol. The van der Waals surface area contributed by atoms with Crippen LogP contribution in [0.25, 0.3) is 38.5 Å². The molecule has 0 saturated carbocycles. The number of para-hydroxylation sites is 1. The van der Waals surface area contributed by atoms with E-state index in [-0.39, 0.29) is 28.4 Å². The minimum absolute atomic E-state index is 0.0348. The van der Waals surface area contributed by atoms with Crippen LogP contribution in [0.15, 0.2) is 57.9 Å².